The topological polar surface area (TPSA) is 47.8 Å². The Labute approximate surface area is 190 Å². The van der Waals surface area contributed by atoms with Gasteiger partial charge in [0.2, 0.25) is 0 Å². The molecule has 0 fully saturated rings. The summed E-state index contributed by atoms with van der Waals surface area (Å²) < 4.78 is 1.40. The normalized spacial score (nSPS) is 13.6. The van der Waals surface area contributed by atoms with Crippen LogP contribution in [-0.2, 0) is 25.5 Å². The first kappa shape index (κ1) is 17.9. The fourth-order valence-corrected chi connectivity index (χ4v) is 4.58. The maximum atomic E-state index is 13.0. The summed E-state index contributed by atoms with van der Waals surface area (Å²) >= 11 is 12.8. The standard InChI is InChI=1S/C15H12ClN3OS2.K/c16-8-5-6-11(17-7-8)19-14(20)12-9-3-1-2-4-10(9)22-13(12)18-15(19)21;/h5-7H,1-4H2,(H,18,21);/q;+1/p-1. The van der Waals surface area contributed by atoms with Crippen molar-refractivity contribution in [2.45, 2.75) is 30.8 Å². The third kappa shape index (κ3) is 3.18. The van der Waals surface area contributed by atoms with Crippen molar-refractivity contribution in [3.63, 3.8) is 0 Å². The third-order valence-corrected chi connectivity index (χ3v) is 5.58. The second-order valence-electron chi connectivity index (χ2n) is 5.26. The van der Waals surface area contributed by atoms with Crippen LogP contribution in [0.4, 0.5) is 0 Å². The van der Waals surface area contributed by atoms with E-state index in [1.165, 1.54) is 22.1 Å². The monoisotopic (exact) mass is 387 g/mol. The van der Waals surface area contributed by atoms with E-state index in [0.717, 1.165) is 29.7 Å². The molecule has 0 saturated heterocycles. The third-order valence-electron chi connectivity index (χ3n) is 3.90. The molecule has 4 nitrogen and oxygen atoms in total. The molecule has 1 aliphatic carbocycles. The fraction of sp³-hybridized carbons (Fsp3) is 0.267. The van der Waals surface area contributed by atoms with Crippen molar-refractivity contribution < 1.29 is 51.4 Å². The van der Waals surface area contributed by atoms with E-state index >= 15 is 0 Å². The minimum absolute atomic E-state index is 0. The van der Waals surface area contributed by atoms with Crippen LogP contribution in [0.5, 0.6) is 0 Å². The molecule has 0 radical (unpaired) electrons. The van der Waals surface area contributed by atoms with Crippen molar-refractivity contribution in [3.8, 4) is 5.82 Å². The zero-order valence-electron chi connectivity index (χ0n) is 12.5. The molecule has 0 N–H and O–H groups in total. The van der Waals surface area contributed by atoms with Gasteiger partial charge in [-0.15, -0.1) is 11.3 Å². The van der Waals surface area contributed by atoms with Gasteiger partial charge in [0.25, 0.3) is 5.56 Å². The van der Waals surface area contributed by atoms with Gasteiger partial charge in [-0.05, 0) is 48.5 Å². The van der Waals surface area contributed by atoms with Crippen LogP contribution in [0.1, 0.15) is 23.3 Å². The zero-order valence-corrected chi connectivity index (χ0v) is 18.0. The van der Waals surface area contributed by atoms with Gasteiger partial charge in [0.1, 0.15) is 10.6 Å². The van der Waals surface area contributed by atoms with Gasteiger partial charge in [-0.25, -0.2) is 9.97 Å². The van der Waals surface area contributed by atoms with Crippen molar-refractivity contribution >= 4 is 45.8 Å². The average Bonchev–Trinajstić information content (AvgIpc) is 2.87. The quantitative estimate of drug-likeness (QED) is 0.342. The maximum Gasteiger partial charge on any atom is 1.00 e. The Kier molecular flexibility index (Phi) is 5.59. The molecule has 0 atom stereocenters. The number of hydrogen-bond donors (Lipinski definition) is 0. The molecule has 0 amide bonds. The van der Waals surface area contributed by atoms with Crippen LogP contribution < -0.4 is 56.9 Å². The van der Waals surface area contributed by atoms with E-state index in [1.807, 2.05) is 0 Å². The Morgan fingerprint density at radius 3 is 2.78 bits per heavy atom. The van der Waals surface area contributed by atoms with Crippen LogP contribution in [0, 0.1) is 0 Å². The van der Waals surface area contributed by atoms with Gasteiger partial charge in [0, 0.05) is 11.1 Å². The largest absolute Gasteiger partial charge is 1.00 e. The van der Waals surface area contributed by atoms with Gasteiger partial charge in [0.15, 0.2) is 0 Å². The van der Waals surface area contributed by atoms with Gasteiger partial charge in [-0.1, -0.05) is 11.6 Å². The van der Waals surface area contributed by atoms with Gasteiger partial charge >= 0.3 is 51.4 Å². The van der Waals surface area contributed by atoms with Crippen LogP contribution >= 0.6 is 22.9 Å². The van der Waals surface area contributed by atoms with E-state index < -0.39 is 0 Å². The van der Waals surface area contributed by atoms with E-state index in [2.05, 4.69) is 9.97 Å². The summed E-state index contributed by atoms with van der Waals surface area (Å²) in [5.74, 6) is 0.463. The minimum atomic E-state index is -0.121. The summed E-state index contributed by atoms with van der Waals surface area (Å²) in [4.78, 5) is 23.7. The summed E-state index contributed by atoms with van der Waals surface area (Å²) in [7, 11) is 0. The molecule has 3 aromatic heterocycles. The summed E-state index contributed by atoms with van der Waals surface area (Å²) in [6, 6.07) is 3.38. The van der Waals surface area contributed by atoms with E-state index in [4.69, 9.17) is 24.2 Å². The van der Waals surface area contributed by atoms with Crippen LogP contribution in [-0.4, -0.2) is 14.5 Å². The molecular formula is C15H11ClKN3OS2. The number of pyridine rings is 1. The SMILES string of the molecule is O=c1c2c3c(sc2nc([S-])n1-c1ccc(Cl)cn1)CCCC3.[K+]. The molecule has 1 aliphatic rings. The average molecular weight is 388 g/mol. The van der Waals surface area contributed by atoms with E-state index in [1.54, 1.807) is 23.5 Å². The smallest absolute Gasteiger partial charge is 0.742 e. The van der Waals surface area contributed by atoms with Crippen molar-refractivity contribution in [3.05, 3.63) is 44.1 Å². The molecule has 0 aromatic carbocycles. The first-order valence-corrected chi connectivity index (χ1v) is 8.61. The van der Waals surface area contributed by atoms with Gasteiger partial charge in [-0.3, -0.25) is 9.36 Å². The van der Waals surface area contributed by atoms with Crippen LogP contribution in [0.2, 0.25) is 5.02 Å². The number of halogens is 1. The van der Waals surface area contributed by atoms with E-state index in [9.17, 15) is 4.79 Å². The molecule has 4 rings (SSSR count). The molecule has 8 heteroatoms. The Balaban J connectivity index is 0.00000156. The Hall–Kier alpha value is 0.136. The molecule has 0 spiro atoms. The fourth-order valence-electron chi connectivity index (χ4n) is 2.89. The van der Waals surface area contributed by atoms with E-state index in [-0.39, 0.29) is 62.1 Å². The second kappa shape index (κ2) is 7.17. The molecule has 23 heavy (non-hydrogen) atoms. The number of aryl methyl sites for hydroxylation is 2. The Bertz CT molecular complexity index is 937. The number of fused-ring (bicyclic) bond motifs is 3. The summed E-state index contributed by atoms with van der Waals surface area (Å²) in [5.41, 5.74) is 1.03. The Morgan fingerprint density at radius 2 is 2.04 bits per heavy atom. The van der Waals surface area contributed by atoms with Crippen molar-refractivity contribution in [1.29, 1.82) is 0 Å². The molecule has 0 aliphatic heterocycles. The first-order chi connectivity index (χ1) is 10.6. The number of rotatable bonds is 1. The van der Waals surface area contributed by atoms with Gasteiger partial charge in [0.05, 0.1) is 10.4 Å². The predicted molar refractivity (Wildman–Crippen MR) is 90.3 cm³/mol. The predicted octanol–water partition coefficient (Wildman–Crippen LogP) is 0.284. The number of aromatic nitrogens is 3. The molecule has 0 unspecified atom stereocenters. The minimum Gasteiger partial charge on any atom is -0.742 e. The van der Waals surface area contributed by atoms with Crippen molar-refractivity contribution in [2.24, 2.45) is 0 Å². The van der Waals surface area contributed by atoms with Gasteiger partial charge in [-0.2, -0.15) is 0 Å². The number of nitrogens with zero attached hydrogens (tertiary/aromatic N) is 3. The van der Waals surface area contributed by atoms with Crippen LogP contribution in [0.25, 0.3) is 16.0 Å². The molecule has 0 saturated carbocycles. The Morgan fingerprint density at radius 1 is 1.26 bits per heavy atom. The molecule has 0 bridgehead atoms. The number of hydrogen-bond acceptors (Lipinski definition) is 5. The van der Waals surface area contributed by atoms with Crippen LogP contribution in [0.15, 0.2) is 28.3 Å². The van der Waals surface area contributed by atoms with Gasteiger partial charge < -0.3 is 12.6 Å². The first-order valence-electron chi connectivity index (χ1n) is 7.01. The summed E-state index contributed by atoms with van der Waals surface area (Å²) in [6.07, 6.45) is 5.77. The van der Waals surface area contributed by atoms with Crippen LogP contribution in [0.3, 0.4) is 0 Å². The molecule has 3 aromatic rings. The molecule has 3 heterocycles. The number of thiophene rings is 1. The summed E-state index contributed by atoms with van der Waals surface area (Å²) in [5, 5.41) is 1.47. The maximum absolute atomic E-state index is 13.0. The molecular weight excluding hydrogens is 377 g/mol. The summed E-state index contributed by atoms with van der Waals surface area (Å²) in [6.45, 7) is 0. The van der Waals surface area contributed by atoms with Crippen molar-refractivity contribution in [1.82, 2.24) is 14.5 Å². The van der Waals surface area contributed by atoms with Crippen molar-refractivity contribution in [2.75, 3.05) is 0 Å². The second-order valence-corrected chi connectivity index (χ2v) is 7.15. The zero-order chi connectivity index (χ0) is 15.3. The van der Waals surface area contributed by atoms with E-state index in [0.29, 0.717) is 16.2 Å². The molecule has 112 valence electrons.